The van der Waals surface area contributed by atoms with E-state index in [2.05, 4.69) is 11.9 Å². The van der Waals surface area contributed by atoms with Gasteiger partial charge in [-0.25, -0.2) is 0 Å². The molecule has 1 aromatic rings. The summed E-state index contributed by atoms with van der Waals surface area (Å²) in [6.45, 7) is 4.36. The zero-order chi connectivity index (χ0) is 14.2. The van der Waals surface area contributed by atoms with Crippen LogP contribution in [0.15, 0.2) is 30.8 Å². The molecule has 2 rings (SSSR count). The van der Waals surface area contributed by atoms with Crippen molar-refractivity contribution >= 4 is 12.0 Å². The van der Waals surface area contributed by atoms with Gasteiger partial charge in [0.15, 0.2) is 0 Å². The third kappa shape index (κ3) is 4.84. The monoisotopic (exact) mass is 271 g/mol. The van der Waals surface area contributed by atoms with Crippen LogP contribution in [0.25, 0.3) is 6.08 Å². The summed E-state index contributed by atoms with van der Waals surface area (Å²) in [6, 6.07) is 8.13. The first-order valence-electron chi connectivity index (χ1n) is 7.76. The molecule has 0 aliphatic heterocycles. The number of amides is 1. The van der Waals surface area contributed by atoms with Crippen molar-refractivity contribution < 1.29 is 4.79 Å². The van der Waals surface area contributed by atoms with Crippen molar-refractivity contribution in [1.82, 2.24) is 5.32 Å². The van der Waals surface area contributed by atoms with Crippen LogP contribution in [0.2, 0.25) is 0 Å². The van der Waals surface area contributed by atoms with Gasteiger partial charge in [-0.2, -0.15) is 0 Å². The molecule has 0 saturated heterocycles. The van der Waals surface area contributed by atoms with Gasteiger partial charge in [0.1, 0.15) is 0 Å². The van der Waals surface area contributed by atoms with Crippen LogP contribution >= 0.6 is 0 Å². The summed E-state index contributed by atoms with van der Waals surface area (Å²) in [5.74, 6) is 0.963. The van der Waals surface area contributed by atoms with E-state index in [4.69, 9.17) is 0 Å². The Labute approximate surface area is 122 Å². The molecule has 108 valence electrons. The highest BCUT2D eigenvalue weighted by atomic mass is 16.1. The number of nitrogens with one attached hydrogen (secondary N) is 1. The average molecular weight is 271 g/mol. The van der Waals surface area contributed by atoms with Crippen molar-refractivity contribution in [1.29, 1.82) is 0 Å². The van der Waals surface area contributed by atoms with Crippen molar-refractivity contribution in [2.24, 2.45) is 5.92 Å². The van der Waals surface area contributed by atoms with Crippen molar-refractivity contribution in [2.45, 2.75) is 51.5 Å². The SMILES string of the molecule is C=Cc1ccc(CNC(=O)CCC2CCCCC2)cc1. The van der Waals surface area contributed by atoms with Crippen LogP contribution in [0.5, 0.6) is 0 Å². The summed E-state index contributed by atoms with van der Waals surface area (Å²) in [7, 11) is 0. The van der Waals surface area contributed by atoms with Gasteiger partial charge in [-0.1, -0.05) is 69.0 Å². The van der Waals surface area contributed by atoms with Crippen molar-refractivity contribution in [3.8, 4) is 0 Å². The van der Waals surface area contributed by atoms with Crippen LogP contribution in [0.3, 0.4) is 0 Å². The molecule has 1 aliphatic carbocycles. The van der Waals surface area contributed by atoms with Crippen LogP contribution in [0.4, 0.5) is 0 Å². The molecule has 2 heteroatoms. The second-order valence-electron chi connectivity index (χ2n) is 5.77. The largest absolute Gasteiger partial charge is 0.352 e. The Kier molecular flexibility index (Phi) is 5.85. The van der Waals surface area contributed by atoms with Crippen molar-refractivity contribution in [2.75, 3.05) is 0 Å². The van der Waals surface area contributed by atoms with Gasteiger partial charge in [-0.15, -0.1) is 0 Å². The molecular formula is C18H25NO. The first kappa shape index (κ1) is 14.8. The summed E-state index contributed by atoms with van der Waals surface area (Å²) < 4.78 is 0. The van der Waals surface area contributed by atoms with Crippen LogP contribution in [-0.4, -0.2) is 5.91 Å². The fraction of sp³-hybridized carbons (Fsp3) is 0.500. The van der Waals surface area contributed by atoms with E-state index in [0.29, 0.717) is 13.0 Å². The van der Waals surface area contributed by atoms with Crippen molar-refractivity contribution in [3.63, 3.8) is 0 Å². The molecule has 1 aliphatic rings. The lowest BCUT2D eigenvalue weighted by molar-refractivity contribution is -0.121. The first-order valence-corrected chi connectivity index (χ1v) is 7.76. The van der Waals surface area contributed by atoms with Gasteiger partial charge < -0.3 is 5.32 Å². The molecule has 0 unspecified atom stereocenters. The van der Waals surface area contributed by atoms with Gasteiger partial charge in [0.2, 0.25) is 5.91 Å². The number of benzene rings is 1. The van der Waals surface area contributed by atoms with Crippen LogP contribution < -0.4 is 5.32 Å². The maximum atomic E-state index is 11.9. The zero-order valence-electron chi connectivity index (χ0n) is 12.2. The summed E-state index contributed by atoms with van der Waals surface area (Å²) >= 11 is 0. The smallest absolute Gasteiger partial charge is 0.220 e. The molecule has 1 saturated carbocycles. The summed E-state index contributed by atoms with van der Waals surface area (Å²) in [6.07, 6.45) is 10.3. The van der Waals surface area contributed by atoms with E-state index < -0.39 is 0 Å². The molecule has 0 spiro atoms. The maximum absolute atomic E-state index is 11.9. The third-order valence-corrected chi connectivity index (χ3v) is 4.21. The summed E-state index contributed by atoms with van der Waals surface area (Å²) in [5, 5.41) is 3.01. The Morgan fingerprint density at radius 2 is 1.90 bits per heavy atom. The molecule has 0 bridgehead atoms. The normalized spacial score (nSPS) is 15.8. The van der Waals surface area contributed by atoms with Gasteiger partial charge in [-0.3, -0.25) is 4.79 Å². The highest BCUT2D eigenvalue weighted by Crippen LogP contribution is 2.27. The maximum Gasteiger partial charge on any atom is 0.220 e. The molecule has 20 heavy (non-hydrogen) atoms. The van der Waals surface area contributed by atoms with Crippen LogP contribution in [0.1, 0.15) is 56.1 Å². The molecule has 0 radical (unpaired) electrons. The number of carbonyl (C=O) groups excluding carboxylic acids is 1. The van der Waals surface area contributed by atoms with Gasteiger partial charge in [-0.05, 0) is 23.5 Å². The Hall–Kier alpha value is -1.57. The van der Waals surface area contributed by atoms with Crippen LogP contribution in [0, 0.1) is 5.92 Å². The molecule has 1 amide bonds. The number of hydrogen-bond acceptors (Lipinski definition) is 1. The van der Waals surface area contributed by atoms with E-state index in [1.54, 1.807) is 0 Å². The second-order valence-corrected chi connectivity index (χ2v) is 5.77. The predicted octanol–water partition coefficient (Wildman–Crippen LogP) is 4.31. The molecule has 1 fully saturated rings. The van der Waals surface area contributed by atoms with E-state index in [9.17, 15) is 4.79 Å². The molecular weight excluding hydrogens is 246 g/mol. The highest BCUT2D eigenvalue weighted by Gasteiger charge is 2.14. The van der Waals surface area contributed by atoms with E-state index in [1.807, 2.05) is 30.3 Å². The van der Waals surface area contributed by atoms with E-state index in [1.165, 1.54) is 32.1 Å². The van der Waals surface area contributed by atoms with E-state index in [-0.39, 0.29) is 5.91 Å². The number of carbonyl (C=O) groups is 1. The molecule has 2 nitrogen and oxygen atoms in total. The first-order chi connectivity index (χ1) is 9.78. The lowest BCUT2D eigenvalue weighted by Gasteiger charge is -2.20. The van der Waals surface area contributed by atoms with Crippen molar-refractivity contribution in [3.05, 3.63) is 42.0 Å². The van der Waals surface area contributed by atoms with Gasteiger partial charge in [0, 0.05) is 13.0 Å². The van der Waals surface area contributed by atoms with Gasteiger partial charge in [0.25, 0.3) is 0 Å². The Balaban J connectivity index is 1.67. The predicted molar refractivity (Wildman–Crippen MR) is 84.2 cm³/mol. The number of hydrogen-bond donors (Lipinski definition) is 1. The topological polar surface area (TPSA) is 29.1 Å². The zero-order valence-corrected chi connectivity index (χ0v) is 12.2. The minimum absolute atomic E-state index is 0.184. The quantitative estimate of drug-likeness (QED) is 0.821. The minimum Gasteiger partial charge on any atom is -0.352 e. The fourth-order valence-corrected chi connectivity index (χ4v) is 2.87. The Morgan fingerprint density at radius 1 is 1.20 bits per heavy atom. The highest BCUT2D eigenvalue weighted by molar-refractivity contribution is 5.75. The second kappa shape index (κ2) is 7.88. The standard InChI is InChI=1S/C18H25NO/c1-2-15-8-10-17(11-9-15)14-19-18(20)13-12-16-6-4-3-5-7-16/h2,8-11,16H,1,3-7,12-14H2,(H,19,20). The fourth-order valence-electron chi connectivity index (χ4n) is 2.87. The molecule has 0 aromatic heterocycles. The van der Waals surface area contributed by atoms with Gasteiger partial charge in [0.05, 0.1) is 0 Å². The summed E-state index contributed by atoms with van der Waals surface area (Å²) in [4.78, 5) is 11.9. The molecule has 0 heterocycles. The third-order valence-electron chi connectivity index (χ3n) is 4.21. The van der Waals surface area contributed by atoms with E-state index >= 15 is 0 Å². The minimum atomic E-state index is 0.184. The Bertz CT molecular complexity index is 429. The molecule has 1 aromatic carbocycles. The Morgan fingerprint density at radius 3 is 2.55 bits per heavy atom. The summed E-state index contributed by atoms with van der Waals surface area (Å²) in [5.41, 5.74) is 2.25. The van der Waals surface area contributed by atoms with E-state index in [0.717, 1.165) is 23.5 Å². The lowest BCUT2D eigenvalue weighted by Crippen LogP contribution is -2.23. The molecule has 0 atom stereocenters. The van der Waals surface area contributed by atoms with Gasteiger partial charge >= 0.3 is 0 Å². The molecule has 1 N–H and O–H groups in total. The lowest BCUT2D eigenvalue weighted by atomic mass is 9.86. The number of rotatable bonds is 6. The van der Waals surface area contributed by atoms with Crippen LogP contribution in [-0.2, 0) is 11.3 Å². The average Bonchev–Trinajstić information content (AvgIpc) is 2.52.